The number of pyridine rings is 1. The summed E-state index contributed by atoms with van der Waals surface area (Å²) < 4.78 is 53.9. The number of nitrogens with zero attached hydrogens (tertiary/aromatic N) is 1. The molecular formula is C23H12F4N2O. The Morgan fingerprint density at radius 3 is 2.33 bits per heavy atom. The van der Waals surface area contributed by atoms with E-state index in [-0.39, 0.29) is 11.3 Å². The van der Waals surface area contributed by atoms with Crippen molar-refractivity contribution in [2.45, 2.75) is 6.18 Å². The van der Waals surface area contributed by atoms with Crippen LogP contribution in [0.3, 0.4) is 0 Å². The van der Waals surface area contributed by atoms with E-state index >= 15 is 0 Å². The van der Waals surface area contributed by atoms with Gasteiger partial charge in [-0.05, 0) is 35.0 Å². The molecule has 148 valence electrons. The van der Waals surface area contributed by atoms with Gasteiger partial charge in [-0.25, -0.2) is 4.39 Å². The highest BCUT2D eigenvalue weighted by Crippen LogP contribution is 2.36. The van der Waals surface area contributed by atoms with Crippen molar-refractivity contribution in [2.24, 2.45) is 0 Å². The molecule has 0 aliphatic heterocycles. The molecule has 0 fully saturated rings. The number of halogens is 4. The first-order chi connectivity index (χ1) is 14.3. The molecule has 0 atom stereocenters. The molecule has 0 radical (unpaired) electrons. The van der Waals surface area contributed by atoms with Crippen LogP contribution in [-0.2, 0) is 6.18 Å². The summed E-state index contributed by atoms with van der Waals surface area (Å²) in [5.41, 5.74) is -2.14. The summed E-state index contributed by atoms with van der Waals surface area (Å²) >= 11 is 0. The molecule has 0 saturated heterocycles. The predicted octanol–water partition coefficient (Wildman–Crippen LogP) is 5.89. The van der Waals surface area contributed by atoms with E-state index in [0.717, 1.165) is 10.8 Å². The van der Waals surface area contributed by atoms with E-state index < -0.39 is 34.2 Å². The van der Waals surface area contributed by atoms with Crippen molar-refractivity contribution in [2.75, 3.05) is 0 Å². The van der Waals surface area contributed by atoms with Crippen molar-refractivity contribution < 1.29 is 17.6 Å². The molecule has 3 nitrogen and oxygen atoms in total. The maximum atomic E-state index is 14.5. The Kier molecular flexibility index (Phi) is 4.63. The number of nitrogens with one attached hydrogen (secondary N) is 1. The predicted molar refractivity (Wildman–Crippen MR) is 105 cm³/mol. The fourth-order valence-corrected chi connectivity index (χ4v) is 3.40. The van der Waals surface area contributed by atoms with Gasteiger partial charge in [0.25, 0.3) is 5.56 Å². The second-order valence-corrected chi connectivity index (χ2v) is 6.63. The fourth-order valence-electron chi connectivity index (χ4n) is 3.40. The molecule has 0 spiro atoms. The molecule has 1 aromatic heterocycles. The third kappa shape index (κ3) is 3.33. The molecule has 0 aliphatic rings. The standard InChI is InChI=1S/C23H12F4N2O/c24-20-9-8-14(23(25,26)27)10-18(20)17-11-21(29-22(30)19(17)12-28)16-7-3-5-13-4-1-2-6-15(13)16/h1-11H,(H,29,30). The molecule has 7 heteroatoms. The number of rotatable bonds is 2. The van der Waals surface area contributed by atoms with Crippen LogP contribution in [0.5, 0.6) is 0 Å². The van der Waals surface area contributed by atoms with Crippen molar-refractivity contribution in [3.63, 3.8) is 0 Å². The van der Waals surface area contributed by atoms with Gasteiger partial charge in [-0.15, -0.1) is 0 Å². The quantitative estimate of drug-likeness (QED) is 0.421. The zero-order valence-electron chi connectivity index (χ0n) is 15.2. The first kappa shape index (κ1) is 19.4. The van der Waals surface area contributed by atoms with Gasteiger partial charge in [0, 0.05) is 22.4 Å². The van der Waals surface area contributed by atoms with Crippen molar-refractivity contribution in [1.82, 2.24) is 4.98 Å². The number of aromatic amines is 1. The maximum absolute atomic E-state index is 14.5. The Bertz CT molecular complexity index is 1380. The third-order valence-electron chi connectivity index (χ3n) is 4.81. The smallest absolute Gasteiger partial charge is 0.321 e. The van der Waals surface area contributed by atoms with Crippen LogP contribution in [0.15, 0.2) is 71.5 Å². The number of benzene rings is 3. The Morgan fingerprint density at radius 1 is 0.867 bits per heavy atom. The van der Waals surface area contributed by atoms with E-state index in [1.807, 2.05) is 24.3 Å². The van der Waals surface area contributed by atoms with E-state index in [4.69, 9.17) is 0 Å². The minimum atomic E-state index is -4.70. The lowest BCUT2D eigenvalue weighted by Gasteiger charge is -2.13. The molecular weight excluding hydrogens is 396 g/mol. The Labute approximate surface area is 167 Å². The van der Waals surface area contributed by atoms with Gasteiger partial charge < -0.3 is 4.98 Å². The summed E-state index contributed by atoms with van der Waals surface area (Å²) in [5.74, 6) is -0.964. The molecule has 1 N–H and O–H groups in total. The molecule has 3 aromatic carbocycles. The molecule has 30 heavy (non-hydrogen) atoms. The van der Waals surface area contributed by atoms with Crippen LogP contribution < -0.4 is 5.56 Å². The fraction of sp³-hybridized carbons (Fsp3) is 0.0435. The van der Waals surface area contributed by atoms with Gasteiger partial charge in [-0.3, -0.25) is 4.79 Å². The highest BCUT2D eigenvalue weighted by molar-refractivity contribution is 5.96. The second-order valence-electron chi connectivity index (χ2n) is 6.63. The van der Waals surface area contributed by atoms with Crippen LogP contribution in [0.4, 0.5) is 17.6 Å². The van der Waals surface area contributed by atoms with Gasteiger partial charge in [0.05, 0.1) is 5.56 Å². The van der Waals surface area contributed by atoms with Crippen LogP contribution >= 0.6 is 0 Å². The molecule has 1 heterocycles. The van der Waals surface area contributed by atoms with Crippen LogP contribution in [0.25, 0.3) is 33.2 Å². The highest BCUT2D eigenvalue weighted by Gasteiger charge is 2.31. The van der Waals surface area contributed by atoms with Gasteiger partial charge in [-0.2, -0.15) is 18.4 Å². The summed E-state index contributed by atoms with van der Waals surface area (Å²) in [6.07, 6.45) is -4.70. The minimum Gasteiger partial charge on any atom is -0.321 e. The lowest BCUT2D eigenvalue weighted by Crippen LogP contribution is -2.13. The third-order valence-corrected chi connectivity index (χ3v) is 4.81. The molecule has 0 aliphatic carbocycles. The average molecular weight is 408 g/mol. The molecule has 4 aromatic rings. The van der Waals surface area contributed by atoms with E-state index in [9.17, 15) is 27.6 Å². The number of nitriles is 1. The highest BCUT2D eigenvalue weighted by atomic mass is 19.4. The van der Waals surface area contributed by atoms with Crippen molar-refractivity contribution in [3.8, 4) is 28.5 Å². The Morgan fingerprint density at radius 2 is 1.60 bits per heavy atom. The van der Waals surface area contributed by atoms with Crippen molar-refractivity contribution in [3.05, 3.63) is 94.0 Å². The minimum absolute atomic E-state index is 0.201. The van der Waals surface area contributed by atoms with E-state index in [2.05, 4.69) is 4.98 Å². The lowest BCUT2D eigenvalue weighted by atomic mass is 9.95. The van der Waals surface area contributed by atoms with E-state index in [1.165, 1.54) is 6.07 Å². The number of hydrogen-bond donors (Lipinski definition) is 1. The summed E-state index contributed by atoms with van der Waals surface area (Å²) in [6.45, 7) is 0. The van der Waals surface area contributed by atoms with Gasteiger partial charge in [0.1, 0.15) is 17.4 Å². The van der Waals surface area contributed by atoms with Gasteiger partial charge in [0.15, 0.2) is 0 Å². The molecule has 0 saturated carbocycles. The first-order valence-corrected chi connectivity index (χ1v) is 8.82. The number of aromatic nitrogens is 1. The maximum Gasteiger partial charge on any atom is 0.416 e. The molecule has 0 amide bonds. The van der Waals surface area contributed by atoms with E-state index in [1.54, 1.807) is 24.3 Å². The van der Waals surface area contributed by atoms with Gasteiger partial charge in [-0.1, -0.05) is 42.5 Å². The lowest BCUT2D eigenvalue weighted by molar-refractivity contribution is -0.137. The summed E-state index contributed by atoms with van der Waals surface area (Å²) in [4.78, 5) is 15.1. The SMILES string of the molecule is N#Cc1c(-c2cc(C(F)(F)F)ccc2F)cc(-c2cccc3ccccc23)[nH]c1=O. The number of H-pyrrole nitrogens is 1. The summed E-state index contributed by atoms with van der Waals surface area (Å²) in [7, 11) is 0. The molecule has 4 rings (SSSR count). The van der Waals surface area contributed by atoms with Crippen LogP contribution in [0.1, 0.15) is 11.1 Å². The zero-order chi connectivity index (χ0) is 21.5. The van der Waals surface area contributed by atoms with Gasteiger partial charge in [0.2, 0.25) is 0 Å². The number of hydrogen-bond acceptors (Lipinski definition) is 2. The van der Waals surface area contributed by atoms with Gasteiger partial charge >= 0.3 is 6.18 Å². The van der Waals surface area contributed by atoms with Crippen LogP contribution in [-0.4, -0.2) is 4.98 Å². The number of alkyl halides is 3. The Hall–Kier alpha value is -3.92. The van der Waals surface area contributed by atoms with Crippen molar-refractivity contribution in [1.29, 1.82) is 5.26 Å². The van der Waals surface area contributed by atoms with E-state index in [0.29, 0.717) is 23.8 Å². The monoisotopic (exact) mass is 408 g/mol. The largest absolute Gasteiger partial charge is 0.416 e. The number of fused-ring (bicyclic) bond motifs is 1. The topological polar surface area (TPSA) is 56.6 Å². The average Bonchev–Trinajstić information content (AvgIpc) is 2.72. The summed E-state index contributed by atoms with van der Waals surface area (Å²) in [5, 5.41) is 11.1. The first-order valence-electron chi connectivity index (χ1n) is 8.82. The molecule has 0 bridgehead atoms. The summed E-state index contributed by atoms with van der Waals surface area (Å²) in [6, 6.07) is 17.6. The van der Waals surface area contributed by atoms with Crippen molar-refractivity contribution >= 4 is 10.8 Å². The zero-order valence-corrected chi connectivity index (χ0v) is 15.2. The normalized spacial score (nSPS) is 11.4. The second kappa shape index (κ2) is 7.16. The van der Waals surface area contributed by atoms with Crippen LogP contribution in [0, 0.1) is 17.1 Å². The Balaban J connectivity index is 2.02. The van der Waals surface area contributed by atoms with Crippen LogP contribution in [0.2, 0.25) is 0 Å². The molecule has 0 unspecified atom stereocenters.